The molecule has 0 aromatic carbocycles. The van der Waals surface area contributed by atoms with Crippen LogP contribution in [0.15, 0.2) is 29.0 Å². The van der Waals surface area contributed by atoms with Crippen LogP contribution < -0.4 is 5.32 Å². The van der Waals surface area contributed by atoms with Gasteiger partial charge in [-0.3, -0.25) is 9.89 Å². The second kappa shape index (κ2) is 5.09. The van der Waals surface area contributed by atoms with Gasteiger partial charge < -0.3 is 5.32 Å². The molecule has 88 valence electrons. The summed E-state index contributed by atoms with van der Waals surface area (Å²) in [6, 6.07) is 3.55. The Bertz CT molecular complexity index is 538. The number of rotatable bonds is 3. The largest absolute Gasteiger partial charge is 0.346 e. The minimum Gasteiger partial charge on any atom is -0.346 e. The van der Waals surface area contributed by atoms with Crippen molar-refractivity contribution in [2.75, 3.05) is 0 Å². The molecule has 2 aromatic rings. The van der Waals surface area contributed by atoms with E-state index in [4.69, 9.17) is 0 Å². The molecule has 2 aromatic heterocycles. The molecule has 2 N–H and O–H groups in total. The number of carbonyl (C=O) groups excluding carboxylic acids is 1. The summed E-state index contributed by atoms with van der Waals surface area (Å²) < 4.78 is 0.682. The summed E-state index contributed by atoms with van der Waals surface area (Å²) in [6.07, 6.45) is 3.28. The van der Waals surface area contributed by atoms with E-state index in [0.717, 1.165) is 11.3 Å². The van der Waals surface area contributed by atoms with Gasteiger partial charge in [0.25, 0.3) is 5.91 Å². The van der Waals surface area contributed by atoms with Crippen molar-refractivity contribution >= 4 is 21.8 Å². The molecule has 0 aliphatic carbocycles. The first-order valence-electron chi connectivity index (χ1n) is 5.06. The predicted molar refractivity (Wildman–Crippen MR) is 66.4 cm³/mol. The van der Waals surface area contributed by atoms with E-state index >= 15 is 0 Å². The predicted octanol–water partition coefficient (Wildman–Crippen LogP) is 1.81. The molecule has 0 unspecified atom stereocenters. The summed E-state index contributed by atoms with van der Waals surface area (Å²) in [4.78, 5) is 15.9. The van der Waals surface area contributed by atoms with Gasteiger partial charge in [0.1, 0.15) is 5.69 Å². The molecule has 17 heavy (non-hydrogen) atoms. The second-order valence-electron chi connectivity index (χ2n) is 3.54. The van der Waals surface area contributed by atoms with E-state index in [1.807, 2.05) is 6.92 Å². The third-order valence-corrected chi connectivity index (χ3v) is 2.99. The summed E-state index contributed by atoms with van der Waals surface area (Å²) >= 11 is 3.29. The summed E-state index contributed by atoms with van der Waals surface area (Å²) in [5.74, 6) is -0.210. The number of nitrogens with one attached hydrogen (secondary N) is 2. The molecule has 0 spiro atoms. The maximum atomic E-state index is 11.8. The number of pyridine rings is 1. The molecule has 0 bridgehead atoms. The summed E-state index contributed by atoms with van der Waals surface area (Å²) in [7, 11) is 0. The first-order chi connectivity index (χ1) is 8.18. The molecule has 0 aliphatic rings. The Morgan fingerprint density at radius 2 is 2.41 bits per heavy atom. The lowest BCUT2D eigenvalue weighted by atomic mass is 10.2. The highest BCUT2D eigenvalue weighted by Crippen LogP contribution is 2.13. The van der Waals surface area contributed by atoms with Crippen molar-refractivity contribution in [3.8, 4) is 0 Å². The molecule has 2 rings (SSSR count). The molecule has 6 heteroatoms. The number of aromatic amines is 1. The monoisotopic (exact) mass is 294 g/mol. The molecule has 0 atom stereocenters. The third-order valence-electron chi connectivity index (χ3n) is 2.35. The van der Waals surface area contributed by atoms with E-state index in [-0.39, 0.29) is 5.91 Å². The van der Waals surface area contributed by atoms with Crippen LogP contribution in [0.3, 0.4) is 0 Å². The van der Waals surface area contributed by atoms with E-state index in [1.54, 1.807) is 24.5 Å². The summed E-state index contributed by atoms with van der Waals surface area (Å²) in [6.45, 7) is 2.34. The van der Waals surface area contributed by atoms with Crippen LogP contribution in [-0.4, -0.2) is 21.1 Å². The van der Waals surface area contributed by atoms with Crippen molar-refractivity contribution in [1.29, 1.82) is 0 Å². The lowest BCUT2D eigenvalue weighted by Crippen LogP contribution is -2.24. The maximum absolute atomic E-state index is 11.8. The number of halogens is 1. The first-order valence-corrected chi connectivity index (χ1v) is 5.85. The fourth-order valence-corrected chi connectivity index (χ4v) is 1.80. The smallest absolute Gasteiger partial charge is 0.271 e. The van der Waals surface area contributed by atoms with Crippen molar-refractivity contribution < 1.29 is 4.79 Å². The number of amides is 1. The number of H-pyrrole nitrogens is 1. The van der Waals surface area contributed by atoms with Crippen LogP contribution in [-0.2, 0) is 6.54 Å². The summed E-state index contributed by atoms with van der Waals surface area (Å²) in [5.41, 5.74) is 2.30. The molecule has 0 radical (unpaired) electrons. The quantitative estimate of drug-likeness (QED) is 0.907. The molecule has 1 amide bonds. The standard InChI is InChI=1S/C11H11BrN4O/c1-7-8(6-15-16-7)5-14-11(17)10-9(12)3-2-4-13-10/h2-4,6H,5H2,1H3,(H,14,17)(H,15,16). The molecule has 5 nitrogen and oxygen atoms in total. The Morgan fingerprint density at radius 1 is 1.59 bits per heavy atom. The van der Waals surface area contributed by atoms with Crippen LogP contribution >= 0.6 is 15.9 Å². The Hall–Kier alpha value is -1.69. The van der Waals surface area contributed by atoms with Crippen LogP contribution in [0.4, 0.5) is 0 Å². The van der Waals surface area contributed by atoms with Crippen LogP contribution in [0, 0.1) is 6.92 Å². The van der Waals surface area contributed by atoms with Gasteiger partial charge in [-0.25, -0.2) is 4.98 Å². The van der Waals surface area contributed by atoms with E-state index in [2.05, 4.69) is 36.4 Å². The van der Waals surface area contributed by atoms with Gasteiger partial charge in [0.2, 0.25) is 0 Å². The molecular weight excluding hydrogens is 284 g/mol. The number of aromatic nitrogens is 3. The van der Waals surface area contributed by atoms with Gasteiger partial charge in [0, 0.05) is 28.5 Å². The first kappa shape index (κ1) is 11.8. The van der Waals surface area contributed by atoms with E-state index < -0.39 is 0 Å². The van der Waals surface area contributed by atoms with Crippen LogP contribution in [0.2, 0.25) is 0 Å². The van der Waals surface area contributed by atoms with Crippen LogP contribution in [0.1, 0.15) is 21.7 Å². The van der Waals surface area contributed by atoms with Gasteiger partial charge in [0.05, 0.1) is 6.20 Å². The lowest BCUT2D eigenvalue weighted by molar-refractivity contribution is 0.0945. The number of carbonyl (C=O) groups is 1. The minimum absolute atomic E-state index is 0.210. The Balaban J connectivity index is 2.04. The molecule has 0 fully saturated rings. The van der Waals surface area contributed by atoms with Gasteiger partial charge in [-0.1, -0.05) is 0 Å². The van der Waals surface area contributed by atoms with Crippen molar-refractivity contribution in [1.82, 2.24) is 20.5 Å². The fourth-order valence-electron chi connectivity index (χ4n) is 1.37. The Labute approximate surface area is 107 Å². The highest BCUT2D eigenvalue weighted by atomic mass is 79.9. The zero-order valence-corrected chi connectivity index (χ0v) is 10.8. The topological polar surface area (TPSA) is 70.7 Å². The van der Waals surface area contributed by atoms with Gasteiger partial charge in [0.15, 0.2) is 0 Å². The minimum atomic E-state index is -0.210. The van der Waals surface area contributed by atoms with E-state index in [1.165, 1.54) is 0 Å². The average Bonchev–Trinajstić information content (AvgIpc) is 2.72. The maximum Gasteiger partial charge on any atom is 0.271 e. The number of aryl methyl sites for hydroxylation is 1. The normalized spacial score (nSPS) is 10.2. The third kappa shape index (κ3) is 2.71. The molecular formula is C11H11BrN4O. The number of hydrogen-bond donors (Lipinski definition) is 2. The highest BCUT2D eigenvalue weighted by Gasteiger charge is 2.11. The van der Waals surface area contributed by atoms with Crippen molar-refractivity contribution in [3.05, 3.63) is 46.0 Å². The Morgan fingerprint density at radius 3 is 3.06 bits per heavy atom. The van der Waals surface area contributed by atoms with Crippen LogP contribution in [0.5, 0.6) is 0 Å². The van der Waals surface area contributed by atoms with Crippen molar-refractivity contribution in [3.63, 3.8) is 0 Å². The highest BCUT2D eigenvalue weighted by molar-refractivity contribution is 9.10. The number of nitrogens with zero attached hydrogens (tertiary/aromatic N) is 2. The lowest BCUT2D eigenvalue weighted by Gasteiger charge is -2.05. The van der Waals surface area contributed by atoms with Crippen molar-refractivity contribution in [2.24, 2.45) is 0 Å². The van der Waals surface area contributed by atoms with Crippen LogP contribution in [0.25, 0.3) is 0 Å². The molecule has 0 saturated carbocycles. The Kier molecular flexibility index (Phi) is 3.53. The van der Waals surface area contributed by atoms with Gasteiger partial charge >= 0.3 is 0 Å². The molecule has 2 heterocycles. The average molecular weight is 295 g/mol. The number of hydrogen-bond acceptors (Lipinski definition) is 3. The fraction of sp³-hybridized carbons (Fsp3) is 0.182. The van der Waals surface area contributed by atoms with Gasteiger partial charge in [-0.2, -0.15) is 5.10 Å². The van der Waals surface area contributed by atoms with Gasteiger partial charge in [-0.15, -0.1) is 0 Å². The zero-order chi connectivity index (χ0) is 12.3. The van der Waals surface area contributed by atoms with Gasteiger partial charge in [-0.05, 0) is 35.0 Å². The van der Waals surface area contributed by atoms with Crippen molar-refractivity contribution in [2.45, 2.75) is 13.5 Å². The molecule has 0 aliphatic heterocycles. The molecule has 0 saturated heterocycles. The van der Waals surface area contributed by atoms with E-state index in [0.29, 0.717) is 16.7 Å². The second-order valence-corrected chi connectivity index (χ2v) is 4.39. The zero-order valence-electron chi connectivity index (χ0n) is 9.20. The van der Waals surface area contributed by atoms with E-state index in [9.17, 15) is 4.79 Å². The SMILES string of the molecule is Cc1[nH]ncc1CNC(=O)c1ncccc1Br. The summed E-state index contributed by atoms with van der Waals surface area (Å²) in [5, 5.41) is 9.50.